The SMILES string of the molecule is OC/C=C/C[B-](F)(F)F.[K+]. The molecule has 0 rings (SSSR count). The number of rotatable bonds is 3. The number of hydrogen-bond acceptors (Lipinski definition) is 1. The van der Waals surface area contributed by atoms with Gasteiger partial charge in [0.05, 0.1) is 6.61 Å². The molecule has 0 aromatic carbocycles. The Hall–Kier alpha value is 1.19. The molecule has 0 aliphatic carbocycles. The molecule has 10 heavy (non-hydrogen) atoms. The van der Waals surface area contributed by atoms with Gasteiger partial charge in [-0.15, -0.1) is 6.08 Å². The van der Waals surface area contributed by atoms with Crippen molar-refractivity contribution in [3.63, 3.8) is 0 Å². The van der Waals surface area contributed by atoms with Crippen LogP contribution in [0.3, 0.4) is 0 Å². The molecule has 0 fully saturated rings. The number of halogens is 3. The molecule has 6 heteroatoms. The fraction of sp³-hybridized carbons (Fsp3) is 0.500. The maximum atomic E-state index is 11.3. The summed E-state index contributed by atoms with van der Waals surface area (Å²) in [4.78, 5) is 0. The van der Waals surface area contributed by atoms with Gasteiger partial charge in [-0.25, -0.2) is 0 Å². The maximum absolute atomic E-state index is 11.3. The summed E-state index contributed by atoms with van der Waals surface area (Å²) in [6.45, 7) is -5.03. The first-order valence-corrected chi connectivity index (χ1v) is 2.53. The number of aliphatic hydroxyl groups excluding tert-OH is 1. The molecule has 1 N–H and O–H groups in total. The van der Waals surface area contributed by atoms with Crippen molar-refractivity contribution in [1.29, 1.82) is 0 Å². The minimum atomic E-state index is -4.71. The number of allylic oxidation sites excluding steroid dienone is 1. The third-order valence-electron chi connectivity index (χ3n) is 0.675. The summed E-state index contributed by atoms with van der Waals surface area (Å²) in [6, 6.07) is 0. The largest absolute Gasteiger partial charge is 1.00 e. The van der Waals surface area contributed by atoms with Gasteiger partial charge < -0.3 is 18.1 Å². The van der Waals surface area contributed by atoms with E-state index < -0.39 is 13.3 Å². The molecule has 0 bridgehead atoms. The van der Waals surface area contributed by atoms with Crippen LogP contribution in [0.2, 0.25) is 6.32 Å². The molecule has 0 spiro atoms. The van der Waals surface area contributed by atoms with E-state index >= 15 is 0 Å². The first kappa shape index (κ1) is 13.8. The summed E-state index contributed by atoms with van der Waals surface area (Å²) in [5.41, 5.74) is 0. The van der Waals surface area contributed by atoms with Crippen LogP contribution in [0.5, 0.6) is 0 Å². The van der Waals surface area contributed by atoms with Crippen molar-refractivity contribution in [2.75, 3.05) is 6.61 Å². The molecule has 1 nitrogen and oxygen atoms in total. The van der Waals surface area contributed by atoms with Gasteiger partial charge in [0.2, 0.25) is 0 Å². The van der Waals surface area contributed by atoms with Crippen LogP contribution in [0.4, 0.5) is 12.9 Å². The van der Waals surface area contributed by atoms with Crippen LogP contribution in [0.15, 0.2) is 12.2 Å². The summed E-state index contributed by atoms with van der Waals surface area (Å²) in [5, 5.41) is 8.02. The third kappa shape index (κ3) is 11.9. The Morgan fingerprint density at radius 2 is 1.70 bits per heavy atom. The number of aliphatic hydroxyl groups is 1. The molecule has 0 amide bonds. The average Bonchev–Trinajstić information content (AvgIpc) is 1.63. The van der Waals surface area contributed by atoms with Gasteiger partial charge in [-0.2, -0.15) is 0 Å². The summed E-state index contributed by atoms with van der Waals surface area (Å²) >= 11 is 0. The molecular weight excluding hydrogens is 171 g/mol. The van der Waals surface area contributed by atoms with E-state index in [9.17, 15) is 12.9 Å². The van der Waals surface area contributed by atoms with E-state index in [-0.39, 0.29) is 58.0 Å². The molecule has 54 valence electrons. The van der Waals surface area contributed by atoms with E-state index in [0.29, 0.717) is 0 Å². The van der Waals surface area contributed by atoms with Crippen molar-refractivity contribution in [2.45, 2.75) is 6.32 Å². The van der Waals surface area contributed by atoms with Crippen LogP contribution in [0.25, 0.3) is 0 Å². The smallest absolute Gasteiger partial charge is 0.449 e. The van der Waals surface area contributed by atoms with Gasteiger partial charge in [0.15, 0.2) is 0 Å². The monoisotopic (exact) mass is 178 g/mol. The zero-order valence-corrected chi connectivity index (χ0v) is 8.85. The summed E-state index contributed by atoms with van der Waals surface area (Å²) < 4.78 is 33.9. The molecule has 0 unspecified atom stereocenters. The topological polar surface area (TPSA) is 20.2 Å². The fourth-order valence-electron chi connectivity index (χ4n) is 0.325. The van der Waals surface area contributed by atoms with Gasteiger partial charge in [-0.05, 0) is 0 Å². The Morgan fingerprint density at radius 3 is 2.00 bits per heavy atom. The standard InChI is InChI=1S/C4H7BF3O.K/c6-5(7,8)3-1-2-4-9;/h1-2,9H,3-4H2;/q-1;+1/b2-1+;. The van der Waals surface area contributed by atoms with Gasteiger partial charge in [-0.3, -0.25) is 0 Å². The molecule has 0 aliphatic heterocycles. The first-order valence-electron chi connectivity index (χ1n) is 2.53. The molecule has 0 aromatic rings. The van der Waals surface area contributed by atoms with E-state index in [2.05, 4.69) is 0 Å². The van der Waals surface area contributed by atoms with Gasteiger partial charge in [0.1, 0.15) is 0 Å². The second-order valence-corrected chi connectivity index (χ2v) is 1.60. The second-order valence-electron chi connectivity index (χ2n) is 1.60. The Morgan fingerprint density at radius 1 is 1.20 bits per heavy atom. The zero-order valence-electron chi connectivity index (χ0n) is 5.73. The third-order valence-corrected chi connectivity index (χ3v) is 0.675. The summed E-state index contributed by atoms with van der Waals surface area (Å²) in [6.07, 6.45) is 1.09. The van der Waals surface area contributed by atoms with Gasteiger partial charge in [-0.1, -0.05) is 12.4 Å². The molecule has 0 saturated carbocycles. The van der Waals surface area contributed by atoms with Crippen molar-refractivity contribution >= 4 is 6.98 Å². The molecule has 0 radical (unpaired) electrons. The van der Waals surface area contributed by atoms with Gasteiger partial charge in [0, 0.05) is 0 Å². The zero-order chi connectivity index (χ0) is 7.33. The van der Waals surface area contributed by atoms with Crippen molar-refractivity contribution < 1.29 is 69.4 Å². The van der Waals surface area contributed by atoms with E-state index in [1.165, 1.54) is 0 Å². The minimum Gasteiger partial charge on any atom is -0.449 e. The molecule has 0 saturated heterocycles. The van der Waals surface area contributed by atoms with Crippen LogP contribution in [0.1, 0.15) is 0 Å². The van der Waals surface area contributed by atoms with Crippen LogP contribution in [-0.4, -0.2) is 18.7 Å². The quantitative estimate of drug-likeness (QED) is 0.407. The Labute approximate surface area is 100 Å². The van der Waals surface area contributed by atoms with Gasteiger partial charge >= 0.3 is 58.4 Å². The van der Waals surface area contributed by atoms with Crippen molar-refractivity contribution in [1.82, 2.24) is 0 Å². The van der Waals surface area contributed by atoms with Crippen LogP contribution < -0.4 is 51.4 Å². The van der Waals surface area contributed by atoms with E-state index in [0.717, 1.165) is 12.2 Å². The first-order chi connectivity index (χ1) is 4.06. The van der Waals surface area contributed by atoms with E-state index in [4.69, 9.17) is 5.11 Å². The maximum Gasteiger partial charge on any atom is 1.00 e. The molecule has 0 heterocycles. The molecule has 0 atom stereocenters. The second kappa shape index (κ2) is 6.87. The van der Waals surface area contributed by atoms with Crippen LogP contribution in [0, 0.1) is 0 Å². The van der Waals surface area contributed by atoms with Crippen LogP contribution in [-0.2, 0) is 0 Å². The fourth-order valence-corrected chi connectivity index (χ4v) is 0.325. The predicted molar refractivity (Wildman–Crippen MR) is 30.1 cm³/mol. The van der Waals surface area contributed by atoms with E-state index in [1.54, 1.807) is 0 Å². The summed E-state index contributed by atoms with van der Waals surface area (Å²) in [7, 11) is 0. The predicted octanol–water partition coefficient (Wildman–Crippen LogP) is -1.61. The Bertz CT molecular complexity index is 103. The molecule has 0 aromatic heterocycles. The summed E-state index contributed by atoms with van der Waals surface area (Å²) in [5.74, 6) is 0. The molecular formula is C4H7BF3KO. The Balaban J connectivity index is 0. The normalized spacial score (nSPS) is 11.6. The van der Waals surface area contributed by atoms with Crippen molar-refractivity contribution in [3.8, 4) is 0 Å². The minimum absolute atomic E-state index is 0. The van der Waals surface area contributed by atoms with Crippen molar-refractivity contribution in [3.05, 3.63) is 12.2 Å². The average molecular weight is 178 g/mol. The van der Waals surface area contributed by atoms with Crippen LogP contribution >= 0.6 is 0 Å². The van der Waals surface area contributed by atoms with E-state index in [1.807, 2.05) is 0 Å². The van der Waals surface area contributed by atoms with Gasteiger partial charge in [0.25, 0.3) is 0 Å². The Kier molecular flexibility index (Phi) is 9.46. The molecule has 0 aliphatic rings. The van der Waals surface area contributed by atoms with Crippen molar-refractivity contribution in [2.24, 2.45) is 0 Å². The number of hydrogen-bond donors (Lipinski definition) is 1.